The zero-order valence-electron chi connectivity index (χ0n) is 13.2. The minimum absolute atomic E-state index is 0.0291. The molecule has 0 bridgehead atoms. The lowest BCUT2D eigenvalue weighted by Gasteiger charge is -2.16. The van der Waals surface area contributed by atoms with Gasteiger partial charge in [-0.1, -0.05) is 0 Å². The molecule has 2 N–H and O–H groups in total. The largest absolute Gasteiger partial charge is 0.477 e. The van der Waals surface area contributed by atoms with Crippen LogP contribution in [0, 0.1) is 12.3 Å². The summed E-state index contributed by atoms with van der Waals surface area (Å²) in [6.45, 7) is 3.35. The zero-order chi connectivity index (χ0) is 17.4. The number of hydrogen-bond acceptors (Lipinski definition) is 6. The van der Waals surface area contributed by atoms with Gasteiger partial charge in [0.2, 0.25) is 5.91 Å². The molecule has 1 aromatic heterocycles. The number of amides is 1. The van der Waals surface area contributed by atoms with Gasteiger partial charge in [0, 0.05) is 12.7 Å². The second-order valence-corrected chi connectivity index (χ2v) is 9.48. The van der Waals surface area contributed by atoms with E-state index < -0.39 is 27.3 Å². The van der Waals surface area contributed by atoms with E-state index in [0.29, 0.717) is 10.7 Å². The van der Waals surface area contributed by atoms with Crippen molar-refractivity contribution in [2.24, 2.45) is 5.41 Å². The molecule has 1 aliphatic carbocycles. The summed E-state index contributed by atoms with van der Waals surface area (Å²) in [6.07, 6.45) is 2.82. The average molecular weight is 360 g/mol. The lowest BCUT2D eigenvalue weighted by molar-refractivity contribution is -0.122. The summed E-state index contributed by atoms with van der Waals surface area (Å²) in [4.78, 5) is 27.5. The van der Waals surface area contributed by atoms with Gasteiger partial charge in [0.25, 0.3) is 0 Å². The number of carbonyl (C=O) groups excluding carboxylic acids is 1. The molecule has 1 aromatic rings. The minimum atomic E-state index is -3.11. The summed E-state index contributed by atoms with van der Waals surface area (Å²) in [6, 6.07) is -0.409. The first-order valence-electron chi connectivity index (χ1n) is 7.19. The first-order chi connectivity index (χ1) is 10.5. The van der Waals surface area contributed by atoms with Gasteiger partial charge in [0.15, 0.2) is 0 Å². The normalized spacial score (nSPS) is 17.5. The maximum Gasteiger partial charge on any atom is 0.347 e. The fraction of sp³-hybridized carbons (Fsp3) is 0.643. The number of carboxylic acid groups (broad SMARTS) is 1. The molecule has 0 aromatic carbocycles. The summed E-state index contributed by atoms with van der Waals surface area (Å²) < 4.78 is 22.8. The topological polar surface area (TPSA) is 113 Å². The highest BCUT2D eigenvalue weighted by Gasteiger charge is 2.46. The van der Waals surface area contributed by atoms with Crippen molar-refractivity contribution in [2.45, 2.75) is 39.2 Å². The summed E-state index contributed by atoms with van der Waals surface area (Å²) in [5.74, 6) is -1.24. The molecule has 1 fully saturated rings. The first-order valence-corrected chi connectivity index (χ1v) is 10.1. The van der Waals surface area contributed by atoms with E-state index in [1.165, 1.54) is 6.26 Å². The number of aromatic nitrogens is 1. The van der Waals surface area contributed by atoms with Gasteiger partial charge in [-0.25, -0.2) is 18.2 Å². The van der Waals surface area contributed by atoms with Crippen LogP contribution < -0.4 is 5.32 Å². The predicted molar refractivity (Wildman–Crippen MR) is 86.4 cm³/mol. The number of nitrogens with zero attached hydrogens (tertiary/aromatic N) is 1. The summed E-state index contributed by atoms with van der Waals surface area (Å²) in [5.41, 5.74) is -0.00285. The molecule has 1 amide bonds. The van der Waals surface area contributed by atoms with Crippen LogP contribution in [0.15, 0.2) is 0 Å². The Morgan fingerprint density at radius 1 is 1.43 bits per heavy atom. The molecule has 1 aliphatic rings. The number of thiazole rings is 1. The number of sulfone groups is 1. The van der Waals surface area contributed by atoms with E-state index in [1.54, 1.807) is 13.8 Å². The van der Waals surface area contributed by atoms with Crippen LogP contribution in [0.1, 0.15) is 52.6 Å². The van der Waals surface area contributed by atoms with E-state index in [9.17, 15) is 18.0 Å². The summed E-state index contributed by atoms with van der Waals surface area (Å²) in [5, 5.41) is 12.3. The van der Waals surface area contributed by atoms with E-state index in [-0.39, 0.29) is 23.0 Å². The number of aryl methyl sites for hydroxylation is 1. The molecule has 1 heterocycles. The third-order valence-corrected chi connectivity index (χ3v) is 6.28. The van der Waals surface area contributed by atoms with Crippen LogP contribution in [-0.4, -0.2) is 42.4 Å². The average Bonchev–Trinajstić information content (AvgIpc) is 2.96. The van der Waals surface area contributed by atoms with Crippen LogP contribution >= 0.6 is 11.3 Å². The molecular weight excluding hydrogens is 340 g/mol. The van der Waals surface area contributed by atoms with Gasteiger partial charge >= 0.3 is 5.97 Å². The molecule has 1 saturated carbocycles. The van der Waals surface area contributed by atoms with Gasteiger partial charge in [0.05, 0.1) is 17.5 Å². The van der Waals surface area contributed by atoms with Gasteiger partial charge < -0.3 is 10.4 Å². The van der Waals surface area contributed by atoms with Gasteiger partial charge in [0.1, 0.15) is 19.7 Å². The van der Waals surface area contributed by atoms with Gasteiger partial charge in [-0.05, 0) is 32.1 Å². The first kappa shape index (κ1) is 17.9. The van der Waals surface area contributed by atoms with Crippen molar-refractivity contribution >= 4 is 33.1 Å². The van der Waals surface area contributed by atoms with Gasteiger partial charge in [-0.2, -0.15) is 0 Å². The zero-order valence-corrected chi connectivity index (χ0v) is 14.9. The SMILES string of the molecule is Cc1nc(C(C)NC(=O)CC2(CS(C)(=O)=O)CC2)sc1C(=O)O. The maximum absolute atomic E-state index is 12.1. The van der Waals surface area contributed by atoms with Crippen LogP contribution in [-0.2, 0) is 14.6 Å². The molecule has 2 rings (SSSR count). The molecule has 0 aliphatic heterocycles. The Kier molecular flexibility index (Phi) is 4.81. The van der Waals surface area contributed by atoms with E-state index in [4.69, 9.17) is 5.11 Å². The molecular formula is C14H20N2O5S2. The van der Waals surface area contributed by atoms with Crippen molar-refractivity contribution in [3.05, 3.63) is 15.6 Å². The van der Waals surface area contributed by atoms with Crippen molar-refractivity contribution in [3.63, 3.8) is 0 Å². The molecule has 0 spiro atoms. The van der Waals surface area contributed by atoms with E-state index in [0.717, 1.165) is 24.2 Å². The molecule has 128 valence electrons. The third kappa shape index (κ3) is 4.74. The van der Waals surface area contributed by atoms with Crippen LogP contribution in [0.2, 0.25) is 0 Å². The van der Waals surface area contributed by atoms with Crippen molar-refractivity contribution in [3.8, 4) is 0 Å². The van der Waals surface area contributed by atoms with E-state index in [2.05, 4.69) is 10.3 Å². The molecule has 1 atom stereocenters. The third-order valence-electron chi connectivity index (χ3n) is 3.82. The Balaban J connectivity index is 1.98. The fourth-order valence-electron chi connectivity index (χ4n) is 2.60. The number of nitrogens with one attached hydrogen (secondary N) is 1. The van der Waals surface area contributed by atoms with Crippen molar-refractivity contribution < 1.29 is 23.1 Å². The van der Waals surface area contributed by atoms with Crippen LogP contribution in [0.5, 0.6) is 0 Å². The highest BCUT2D eigenvalue weighted by atomic mass is 32.2. The second-order valence-electron chi connectivity index (χ2n) is 6.31. The number of carbonyl (C=O) groups is 2. The van der Waals surface area contributed by atoms with Crippen molar-refractivity contribution in [1.29, 1.82) is 0 Å². The summed E-state index contributed by atoms with van der Waals surface area (Å²) >= 11 is 1.04. The number of rotatable bonds is 7. The molecule has 1 unspecified atom stereocenters. The maximum atomic E-state index is 12.1. The standard InChI is InChI=1S/C14H20N2O5S2/c1-8-11(13(18)19)22-12(16-8)9(2)15-10(17)6-14(4-5-14)7-23(3,20)21/h9H,4-7H2,1-3H3,(H,15,17)(H,18,19). The monoisotopic (exact) mass is 360 g/mol. The Morgan fingerprint density at radius 2 is 2.04 bits per heavy atom. The molecule has 7 nitrogen and oxygen atoms in total. The quantitative estimate of drug-likeness (QED) is 0.762. The van der Waals surface area contributed by atoms with Crippen LogP contribution in [0.3, 0.4) is 0 Å². The molecule has 0 radical (unpaired) electrons. The van der Waals surface area contributed by atoms with Crippen molar-refractivity contribution in [2.75, 3.05) is 12.0 Å². The minimum Gasteiger partial charge on any atom is -0.477 e. The Hall–Kier alpha value is -1.48. The number of carboxylic acids is 1. The highest BCUT2D eigenvalue weighted by molar-refractivity contribution is 7.90. The van der Waals surface area contributed by atoms with Gasteiger partial charge in [-0.15, -0.1) is 11.3 Å². The Morgan fingerprint density at radius 3 is 2.48 bits per heavy atom. The van der Waals surface area contributed by atoms with Crippen LogP contribution in [0.4, 0.5) is 0 Å². The molecule has 23 heavy (non-hydrogen) atoms. The fourth-order valence-corrected chi connectivity index (χ4v) is 5.01. The second kappa shape index (κ2) is 6.20. The highest BCUT2D eigenvalue weighted by Crippen LogP contribution is 2.49. The number of hydrogen-bond donors (Lipinski definition) is 2. The van der Waals surface area contributed by atoms with Crippen molar-refractivity contribution in [1.82, 2.24) is 10.3 Å². The molecule has 0 saturated heterocycles. The predicted octanol–water partition coefficient (Wildman–Crippen LogP) is 1.54. The molecule has 9 heteroatoms. The smallest absolute Gasteiger partial charge is 0.347 e. The van der Waals surface area contributed by atoms with Crippen LogP contribution in [0.25, 0.3) is 0 Å². The lowest BCUT2D eigenvalue weighted by atomic mass is 10.0. The van der Waals surface area contributed by atoms with E-state index in [1.807, 2.05) is 0 Å². The van der Waals surface area contributed by atoms with E-state index >= 15 is 0 Å². The Labute approximate surface area is 139 Å². The Bertz CT molecular complexity index is 734. The number of aromatic carboxylic acids is 1. The lowest BCUT2D eigenvalue weighted by Crippen LogP contribution is -2.30. The summed E-state index contributed by atoms with van der Waals surface area (Å²) in [7, 11) is -3.11. The van der Waals surface area contributed by atoms with Gasteiger partial charge in [-0.3, -0.25) is 4.79 Å².